The molecule has 0 saturated heterocycles. The Morgan fingerprint density at radius 2 is 1.57 bits per heavy atom. The van der Waals surface area contributed by atoms with Crippen LogP contribution in [0.5, 0.6) is 0 Å². The summed E-state index contributed by atoms with van der Waals surface area (Å²) in [7, 11) is 0. The molecule has 0 N–H and O–H groups in total. The SMILES string of the molecule is CC(C)n1[c-][n+]2c3c(cccc31)C(C)(C)c1cc3c([c-]c1-2)C(C)(C)CCC3(C)C.[Ir+3].[c-]1ccccc1-c1ccccn1. The van der Waals surface area contributed by atoms with Gasteiger partial charge in [0.1, 0.15) is 0 Å². The molecule has 0 saturated carbocycles. The summed E-state index contributed by atoms with van der Waals surface area (Å²) in [4.78, 5) is 4.22. The van der Waals surface area contributed by atoms with Crippen LogP contribution in [-0.2, 0) is 36.4 Å². The molecule has 1 aliphatic carbocycles. The number of imidazole rings is 1. The zero-order valence-electron chi connectivity index (χ0n) is 26.1. The number of para-hydroxylation sites is 1. The molecule has 3 aromatic carbocycles. The van der Waals surface area contributed by atoms with E-state index in [2.05, 4.69) is 112 Å². The summed E-state index contributed by atoms with van der Waals surface area (Å²) in [5.74, 6) is 0. The van der Waals surface area contributed by atoms with Crippen LogP contribution in [0, 0.1) is 18.5 Å². The topological polar surface area (TPSA) is 21.7 Å². The zero-order chi connectivity index (χ0) is 29.2. The third-order valence-corrected chi connectivity index (χ3v) is 9.28. The fourth-order valence-electron chi connectivity index (χ4n) is 6.59. The average molecular weight is 732 g/mol. The Bertz CT molecular complexity index is 1690. The van der Waals surface area contributed by atoms with E-state index in [9.17, 15) is 0 Å². The van der Waals surface area contributed by atoms with Crippen LogP contribution in [0.4, 0.5) is 0 Å². The molecular formula is C38H41IrN3+. The largest absolute Gasteiger partial charge is 3.00 e. The quantitative estimate of drug-likeness (QED) is 0.132. The van der Waals surface area contributed by atoms with Gasteiger partial charge in [0, 0.05) is 6.20 Å². The number of rotatable bonds is 2. The Labute approximate surface area is 265 Å². The zero-order valence-corrected chi connectivity index (χ0v) is 28.5. The van der Waals surface area contributed by atoms with Crippen molar-refractivity contribution in [2.45, 2.75) is 90.5 Å². The first-order valence-corrected chi connectivity index (χ1v) is 14.9. The van der Waals surface area contributed by atoms with Crippen LogP contribution in [-0.4, -0.2) is 9.55 Å². The van der Waals surface area contributed by atoms with Crippen molar-refractivity contribution >= 4 is 11.0 Å². The standard InChI is InChI=1S/C27H33N2.C11H8N.Ir/c1-17(2)28-16-29-23-15-20-19(25(3,4)12-13-26(20,5)6)14-21(23)27(7,8)18-10-9-11-22(28)24(18)29;1-2-6-10(7-3-1)11-8-4-5-9-12-11;/h9-11,14,17H,12-13H2,1-8H3;1-6,8-9H;/q2*-1;+3. The van der Waals surface area contributed by atoms with E-state index in [4.69, 9.17) is 0 Å². The van der Waals surface area contributed by atoms with Crippen molar-refractivity contribution in [3.63, 3.8) is 0 Å². The number of pyridine rings is 1. The van der Waals surface area contributed by atoms with Gasteiger partial charge in [-0.15, -0.1) is 47.0 Å². The molecule has 0 spiro atoms. The molecule has 0 unspecified atom stereocenters. The van der Waals surface area contributed by atoms with Gasteiger partial charge in [-0.3, -0.25) is 0 Å². The third-order valence-electron chi connectivity index (χ3n) is 9.28. The van der Waals surface area contributed by atoms with E-state index in [1.807, 2.05) is 42.5 Å². The second kappa shape index (κ2) is 10.9. The first-order valence-electron chi connectivity index (χ1n) is 14.9. The summed E-state index contributed by atoms with van der Waals surface area (Å²) in [5.41, 5.74) is 11.7. The molecule has 1 aliphatic heterocycles. The van der Waals surface area contributed by atoms with E-state index in [0.717, 1.165) is 11.3 Å². The van der Waals surface area contributed by atoms with Crippen molar-refractivity contribution < 1.29 is 24.7 Å². The number of fused-ring (bicyclic) bond motifs is 3. The van der Waals surface area contributed by atoms with Crippen molar-refractivity contribution in [2.24, 2.45) is 0 Å². The molecule has 0 fully saturated rings. The van der Waals surface area contributed by atoms with Crippen LogP contribution in [0.2, 0.25) is 0 Å². The second-order valence-electron chi connectivity index (χ2n) is 13.8. The van der Waals surface area contributed by atoms with Crippen LogP contribution < -0.4 is 4.57 Å². The molecular weight excluding hydrogens is 691 g/mol. The monoisotopic (exact) mass is 732 g/mol. The van der Waals surface area contributed by atoms with Crippen LogP contribution in [0.15, 0.2) is 72.9 Å². The van der Waals surface area contributed by atoms with Gasteiger partial charge in [-0.1, -0.05) is 95.0 Å². The van der Waals surface area contributed by atoms with E-state index >= 15 is 0 Å². The Kier molecular flexibility index (Phi) is 7.88. The van der Waals surface area contributed by atoms with Crippen molar-refractivity contribution in [2.75, 3.05) is 0 Å². The van der Waals surface area contributed by atoms with E-state index < -0.39 is 0 Å². The fraction of sp³-hybridized carbons (Fsp3) is 0.368. The number of nitrogens with zero attached hydrogens (tertiary/aromatic N) is 3. The minimum absolute atomic E-state index is 0. The molecule has 2 aliphatic rings. The maximum Gasteiger partial charge on any atom is 3.00 e. The van der Waals surface area contributed by atoms with Crippen molar-refractivity contribution in [3.05, 3.63) is 114 Å². The first kappa shape index (κ1) is 30.4. The molecule has 3 nitrogen and oxygen atoms in total. The molecule has 0 amide bonds. The Morgan fingerprint density at radius 1 is 0.833 bits per heavy atom. The van der Waals surface area contributed by atoms with Gasteiger partial charge in [-0.2, -0.15) is 17.7 Å². The molecule has 0 bridgehead atoms. The summed E-state index contributed by atoms with van der Waals surface area (Å²) < 4.78 is 4.58. The van der Waals surface area contributed by atoms with Crippen molar-refractivity contribution in [3.8, 4) is 16.9 Å². The summed E-state index contributed by atoms with van der Waals surface area (Å²) in [6.45, 7) is 18.8. The molecule has 4 heteroatoms. The molecule has 0 atom stereocenters. The molecule has 3 heterocycles. The van der Waals surface area contributed by atoms with Crippen molar-refractivity contribution in [1.29, 1.82) is 0 Å². The van der Waals surface area contributed by atoms with Gasteiger partial charge in [0.15, 0.2) is 0 Å². The predicted molar refractivity (Wildman–Crippen MR) is 167 cm³/mol. The Hall–Kier alpha value is -3.07. The summed E-state index contributed by atoms with van der Waals surface area (Å²) >= 11 is 0. The second-order valence-corrected chi connectivity index (χ2v) is 13.8. The third kappa shape index (κ3) is 4.97. The van der Waals surface area contributed by atoms with Crippen LogP contribution in [0.3, 0.4) is 0 Å². The number of benzene rings is 3. The van der Waals surface area contributed by atoms with Gasteiger partial charge in [0.05, 0.1) is 17.1 Å². The maximum absolute atomic E-state index is 4.22. The van der Waals surface area contributed by atoms with E-state index in [-0.39, 0.29) is 36.4 Å². The molecule has 216 valence electrons. The van der Waals surface area contributed by atoms with Crippen LogP contribution >= 0.6 is 0 Å². The van der Waals surface area contributed by atoms with Gasteiger partial charge in [0.2, 0.25) is 6.33 Å². The smallest absolute Gasteiger partial charge is 0.341 e. The van der Waals surface area contributed by atoms with Crippen LogP contribution in [0.1, 0.15) is 96.5 Å². The predicted octanol–water partition coefficient (Wildman–Crippen LogP) is 8.63. The van der Waals surface area contributed by atoms with Crippen LogP contribution in [0.25, 0.3) is 28.0 Å². The van der Waals surface area contributed by atoms with Crippen molar-refractivity contribution in [1.82, 2.24) is 9.55 Å². The maximum atomic E-state index is 4.22. The molecule has 42 heavy (non-hydrogen) atoms. The minimum atomic E-state index is -0.0605. The number of aromatic nitrogens is 3. The fourth-order valence-corrected chi connectivity index (χ4v) is 6.59. The average Bonchev–Trinajstić information content (AvgIpc) is 3.36. The minimum Gasteiger partial charge on any atom is -0.341 e. The summed E-state index contributed by atoms with van der Waals surface area (Å²) in [6, 6.07) is 30.4. The first-order chi connectivity index (χ1) is 19.4. The van der Waals surface area contributed by atoms with Gasteiger partial charge in [-0.25, -0.2) is 0 Å². The Balaban J connectivity index is 0.000000228. The van der Waals surface area contributed by atoms with Gasteiger partial charge in [-0.05, 0) is 42.9 Å². The van der Waals surface area contributed by atoms with Gasteiger partial charge in [0.25, 0.3) is 0 Å². The van der Waals surface area contributed by atoms with E-state index in [1.165, 1.54) is 51.8 Å². The molecule has 2 aromatic heterocycles. The van der Waals surface area contributed by atoms with Gasteiger partial charge >= 0.3 is 20.1 Å². The summed E-state index contributed by atoms with van der Waals surface area (Å²) in [6.07, 6.45) is 7.90. The normalized spacial score (nSPS) is 17.0. The van der Waals surface area contributed by atoms with E-state index in [0.29, 0.717) is 6.04 Å². The molecule has 0 radical (unpaired) electrons. The molecule has 5 aromatic rings. The van der Waals surface area contributed by atoms with E-state index in [1.54, 1.807) is 6.20 Å². The number of hydrogen-bond donors (Lipinski definition) is 0. The Morgan fingerprint density at radius 3 is 2.24 bits per heavy atom. The summed E-state index contributed by atoms with van der Waals surface area (Å²) in [5, 5.41) is 0. The number of hydrogen-bond acceptors (Lipinski definition) is 1. The van der Waals surface area contributed by atoms with Gasteiger partial charge < -0.3 is 14.1 Å². The molecule has 7 rings (SSSR count).